The number of aromatic nitrogens is 3. The topological polar surface area (TPSA) is 117 Å². The third-order valence-corrected chi connectivity index (χ3v) is 2.76. The lowest BCUT2D eigenvalue weighted by atomic mass is 10.1. The molecule has 0 saturated carbocycles. The number of H-pyrrole nitrogens is 1. The molecule has 0 aliphatic heterocycles. The highest BCUT2D eigenvalue weighted by Crippen LogP contribution is 2.26. The van der Waals surface area contributed by atoms with Crippen molar-refractivity contribution in [2.24, 2.45) is 0 Å². The van der Waals surface area contributed by atoms with Crippen LogP contribution in [0.3, 0.4) is 0 Å². The van der Waals surface area contributed by atoms with Crippen molar-refractivity contribution in [2.75, 3.05) is 19.4 Å². The lowest BCUT2D eigenvalue weighted by Gasteiger charge is -2.11. The Bertz CT molecular complexity index is 653. The first-order valence-corrected chi connectivity index (χ1v) is 6.07. The Morgan fingerprint density at radius 1 is 1.48 bits per heavy atom. The van der Waals surface area contributed by atoms with Gasteiger partial charge in [0.15, 0.2) is 0 Å². The second kappa shape index (κ2) is 5.99. The fourth-order valence-corrected chi connectivity index (χ4v) is 1.72. The fraction of sp³-hybridized carbons (Fsp3) is 0.250. The minimum Gasteiger partial charge on any atom is -0.372 e. The van der Waals surface area contributed by atoms with Crippen LogP contribution >= 0.6 is 0 Å². The predicted molar refractivity (Wildman–Crippen MR) is 74.8 cm³/mol. The molecule has 1 aromatic carbocycles. The molecule has 9 nitrogen and oxygen atoms in total. The predicted octanol–water partition coefficient (Wildman–Crippen LogP) is 1.03. The van der Waals surface area contributed by atoms with E-state index in [-0.39, 0.29) is 23.7 Å². The average Bonchev–Trinajstić information content (AvgIpc) is 2.97. The molecule has 0 bridgehead atoms. The molecule has 2 aromatic rings. The number of rotatable bonds is 5. The second-order valence-electron chi connectivity index (χ2n) is 4.47. The van der Waals surface area contributed by atoms with Crippen LogP contribution in [-0.4, -0.2) is 45.0 Å². The minimum atomic E-state index is -0.533. The number of hydrogen-bond acceptors (Lipinski definition) is 6. The standard InChI is InChI=1S/C12H14N6O3/c1-17(2)12(19)8-3-4-9(10(5-8)18(20)21)13-6-11-14-7-15-16-11/h3-5,7,13H,6H2,1-2H3,(H,14,15,16). The van der Waals surface area contributed by atoms with Crippen molar-refractivity contribution in [1.82, 2.24) is 20.1 Å². The number of hydrogen-bond donors (Lipinski definition) is 2. The van der Waals surface area contributed by atoms with E-state index < -0.39 is 4.92 Å². The number of aromatic amines is 1. The monoisotopic (exact) mass is 290 g/mol. The van der Waals surface area contributed by atoms with Crippen molar-refractivity contribution in [3.63, 3.8) is 0 Å². The van der Waals surface area contributed by atoms with E-state index in [1.54, 1.807) is 14.1 Å². The molecule has 110 valence electrons. The molecule has 0 fully saturated rings. The van der Waals surface area contributed by atoms with E-state index in [2.05, 4.69) is 20.5 Å². The van der Waals surface area contributed by atoms with Gasteiger partial charge in [0.25, 0.3) is 11.6 Å². The number of carbonyl (C=O) groups excluding carboxylic acids is 1. The Hall–Kier alpha value is -2.97. The molecule has 0 aliphatic carbocycles. The second-order valence-corrected chi connectivity index (χ2v) is 4.47. The summed E-state index contributed by atoms with van der Waals surface area (Å²) in [4.78, 5) is 27.7. The van der Waals surface area contributed by atoms with Gasteiger partial charge in [0.1, 0.15) is 17.8 Å². The zero-order valence-electron chi connectivity index (χ0n) is 11.5. The van der Waals surface area contributed by atoms with Gasteiger partial charge in [-0.3, -0.25) is 20.0 Å². The molecule has 0 unspecified atom stereocenters. The molecule has 0 spiro atoms. The van der Waals surface area contributed by atoms with Crippen LogP contribution in [-0.2, 0) is 6.54 Å². The third-order valence-electron chi connectivity index (χ3n) is 2.76. The highest BCUT2D eigenvalue weighted by molar-refractivity contribution is 5.95. The number of nitrogens with one attached hydrogen (secondary N) is 2. The van der Waals surface area contributed by atoms with Gasteiger partial charge in [-0.05, 0) is 12.1 Å². The number of nitro benzene ring substituents is 1. The van der Waals surface area contributed by atoms with Crippen LogP contribution in [0.2, 0.25) is 0 Å². The quantitative estimate of drug-likeness (QED) is 0.627. The van der Waals surface area contributed by atoms with Crippen LogP contribution in [0.15, 0.2) is 24.5 Å². The maximum atomic E-state index is 11.8. The van der Waals surface area contributed by atoms with Crippen molar-refractivity contribution < 1.29 is 9.72 Å². The molecule has 0 saturated heterocycles. The first-order chi connectivity index (χ1) is 9.99. The molecule has 1 aromatic heterocycles. The zero-order chi connectivity index (χ0) is 15.4. The maximum absolute atomic E-state index is 11.8. The molecule has 0 radical (unpaired) electrons. The highest BCUT2D eigenvalue weighted by Gasteiger charge is 2.18. The Labute approximate surface area is 120 Å². The normalized spacial score (nSPS) is 10.2. The van der Waals surface area contributed by atoms with Gasteiger partial charge in [0, 0.05) is 25.7 Å². The zero-order valence-corrected chi connectivity index (χ0v) is 11.5. The summed E-state index contributed by atoms with van der Waals surface area (Å²) >= 11 is 0. The first kappa shape index (κ1) is 14.4. The van der Waals surface area contributed by atoms with Gasteiger partial charge in [0.2, 0.25) is 0 Å². The van der Waals surface area contributed by atoms with Crippen LogP contribution in [0.4, 0.5) is 11.4 Å². The summed E-state index contributed by atoms with van der Waals surface area (Å²) in [5.74, 6) is 0.262. The maximum Gasteiger partial charge on any atom is 0.293 e. The van der Waals surface area contributed by atoms with Gasteiger partial charge >= 0.3 is 0 Å². The number of carbonyl (C=O) groups is 1. The SMILES string of the molecule is CN(C)C(=O)c1ccc(NCc2ncn[nH]2)c([N+](=O)[O-])c1. The number of nitro groups is 1. The summed E-state index contributed by atoms with van der Waals surface area (Å²) in [7, 11) is 3.18. The van der Waals surface area contributed by atoms with Crippen LogP contribution in [0.25, 0.3) is 0 Å². The molecule has 9 heteroatoms. The van der Waals surface area contributed by atoms with E-state index in [0.717, 1.165) is 0 Å². The summed E-state index contributed by atoms with van der Waals surface area (Å²) in [5, 5.41) is 20.4. The van der Waals surface area contributed by atoms with E-state index >= 15 is 0 Å². The number of anilines is 1. The van der Waals surface area contributed by atoms with Gasteiger partial charge in [-0.2, -0.15) is 5.10 Å². The Morgan fingerprint density at radius 3 is 2.81 bits per heavy atom. The minimum absolute atomic E-state index is 0.165. The summed E-state index contributed by atoms with van der Waals surface area (Å²) in [6.45, 7) is 0.266. The molecule has 0 aliphatic rings. The lowest BCUT2D eigenvalue weighted by molar-refractivity contribution is -0.384. The highest BCUT2D eigenvalue weighted by atomic mass is 16.6. The lowest BCUT2D eigenvalue weighted by Crippen LogP contribution is -2.21. The molecular weight excluding hydrogens is 276 g/mol. The molecule has 2 rings (SSSR count). The Balaban J connectivity index is 2.25. The van der Waals surface area contributed by atoms with Crippen LogP contribution < -0.4 is 5.32 Å². The summed E-state index contributed by atoms with van der Waals surface area (Å²) in [5.41, 5.74) is 0.408. The largest absolute Gasteiger partial charge is 0.372 e. The summed E-state index contributed by atoms with van der Waals surface area (Å²) < 4.78 is 0. The molecule has 1 amide bonds. The van der Waals surface area contributed by atoms with Crippen LogP contribution in [0, 0.1) is 10.1 Å². The smallest absolute Gasteiger partial charge is 0.293 e. The van der Waals surface area contributed by atoms with Gasteiger partial charge in [0.05, 0.1) is 11.5 Å². The molecule has 0 atom stereocenters. The number of nitrogens with zero attached hydrogens (tertiary/aromatic N) is 4. The van der Waals surface area contributed by atoms with Gasteiger partial charge in [-0.1, -0.05) is 0 Å². The van der Waals surface area contributed by atoms with Crippen molar-refractivity contribution in [1.29, 1.82) is 0 Å². The fourth-order valence-electron chi connectivity index (χ4n) is 1.72. The van der Waals surface area contributed by atoms with E-state index in [1.165, 1.54) is 29.4 Å². The van der Waals surface area contributed by atoms with Gasteiger partial charge in [-0.15, -0.1) is 0 Å². The Morgan fingerprint density at radius 2 is 2.24 bits per heavy atom. The van der Waals surface area contributed by atoms with E-state index in [4.69, 9.17) is 0 Å². The average molecular weight is 290 g/mol. The molecule has 21 heavy (non-hydrogen) atoms. The van der Waals surface area contributed by atoms with Crippen LogP contribution in [0.1, 0.15) is 16.2 Å². The van der Waals surface area contributed by atoms with Crippen molar-refractivity contribution in [3.8, 4) is 0 Å². The van der Waals surface area contributed by atoms with E-state index in [0.29, 0.717) is 11.5 Å². The van der Waals surface area contributed by atoms with Crippen molar-refractivity contribution in [2.45, 2.75) is 6.54 Å². The third kappa shape index (κ3) is 3.32. The van der Waals surface area contributed by atoms with E-state index in [1.807, 2.05) is 0 Å². The van der Waals surface area contributed by atoms with Crippen molar-refractivity contribution in [3.05, 3.63) is 46.0 Å². The molecular formula is C12H14N6O3. The Kier molecular flexibility index (Phi) is 4.12. The van der Waals surface area contributed by atoms with E-state index in [9.17, 15) is 14.9 Å². The van der Waals surface area contributed by atoms with Crippen LogP contribution in [0.5, 0.6) is 0 Å². The number of amides is 1. The molecule has 2 N–H and O–H groups in total. The summed E-state index contributed by atoms with van der Waals surface area (Å²) in [6, 6.07) is 4.30. The van der Waals surface area contributed by atoms with Gasteiger partial charge in [-0.25, -0.2) is 4.98 Å². The summed E-state index contributed by atoms with van der Waals surface area (Å²) in [6.07, 6.45) is 1.35. The first-order valence-electron chi connectivity index (χ1n) is 6.07. The molecule has 1 heterocycles. The number of benzene rings is 1. The van der Waals surface area contributed by atoms with Gasteiger partial charge < -0.3 is 10.2 Å². The van der Waals surface area contributed by atoms with Crippen molar-refractivity contribution >= 4 is 17.3 Å².